The molecule has 1 aliphatic rings. The van der Waals surface area contributed by atoms with Gasteiger partial charge in [-0.15, -0.1) is 11.3 Å². The molecule has 7 heteroatoms. The molecule has 1 saturated heterocycles. The van der Waals surface area contributed by atoms with Gasteiger partial charge >= 0.3 is 0 Å². The van der Waals surface area contributed by atoms with Gasteiger partial charge in [0.15, 0.2) is 0 Å². The van der Waals surface area contributed by atoms with E-state index >= 15 is 0 Å². The quantitative estimate of drug-likeness (QED) is 0.729. The van der Waals surface area contributed by atoms with Crippen molar-refractivity contribution in [3.8, 4) is 0 Å². The van der Waals surface area contributed by atoms with Crippen LogP contribution in [0.15, 0.2) is 5.38 Å². The molecule has 2 rings (SSSR count). The lowest BCUT2D eigenvalue weighted by Gasteiger charge is -2.32. The minimum Gasteiger partial charge on any atom is -0.385 e. The van der Waals surface area contributed by atoms with Crippen molar-refractivity contribution in [2.45, 2.75) is 31.8 Å². The molecule has 0 saturated carbocycles. The van der Waals surface area contributed by atoms with Crippen molar-refractivity contribution in [2.75, 3.05) is 33.4 Å². The van der Waals surface area contributed by atoms with Crippen LogP contribution in [0.1, 0.15) is 34.8 Å². The first kappa shape index (κ1) is 16.4. The summed E-state index contributed by atoms with van der Waals surface area (Å²) in [6.45, 7) is 4.32. The number of likely N-dealkylation sites (tertiary alicyclic amines) is 1. The van der Waals surface area contributed by atoms with Crippen molar-refractivity contribution in [3.05, 3.63) is 16.1 Å². The van der Waals surface area contributed by atoms with Gasteiger partial charge in [-0.2, -0.15) is 0 Å². The van der Waals surface area contributed by atoms with Gasteiger partial charge in [0.05, 0.1) is 0 Å². The fraction of sp³-hybridized carbons (Fsp3) is 0.714. The number of ether oxygens (including phenoxy) is 1. The fourth-order valence-corrected chi connectivity index (χ4v) is 3.16. The zero-order chi connectivity index (χ0) is 15.1. The van der Waals surface area contributed by atoms with Crippen molar-refractivity contribution in [3.63, 3.8) is 0 Å². The van der Waals surface area contributed by atoms with Crippen LogP contribution in [0.3, 0.4) is 0 Å². The zero-order valence-electron chi connectivity index (χ0n) is 12.5. The van der Waals surface area contributed by atoms with Gasteiger partial charge in [-0.05, 0) is 19.3 Å². The van der Waals surface area contributed by atoms with Gasteiger partial charge in [0.2, 0.25) is 0 Å². The van der Waals surface area contributed by atoms with Gasteiger partial charge in [-0.25, -0.2) is 4.98 Å². The van der Waals surface area contributed by atoms with Crippen LogP contribution in [0.25, 0.3) is 0 Å². The number of aromatic nitrogens is 1. The van der Waals surface area contributed by atoms with E-state index < -0.39 is 0 Å². The number of nitrogens with two attached hydrogens (primary N) is 1. The molecule has 2 heterocycles. The summed E-state index contributed by atoms with van der Waals surface area (Å²) in [6.07, 6.45) is 3.05. The summed E-state index contributed by atoms with van der Waals surface area (Å²) in [5.74, 6) is -0.0798. The van der Waals surface area contributed by atoms with E-state index in [4.69, 9.17) is 10.5 Å². The zero-order valence-corrected chi connectivity index (χ0v) is 13.3. The second-order valence-corrected chi connectivity index (χ2v) is 6.21. The lowest BCUT2D eigenvalue weighted by molar-refractivity contribution is 0.0902. The molecule has 1 fully saturated rings. The van der Waals surface area contributed by atoms with Crippen molar-refractivity contribution in [1.29, 1.82) is 0 Å². The van der Waals surface area contributed by atoms with Crippen molar-refractivity contribution in [1.82, 2.24) is 15.2 Å². The van der Waals surface area contributed by atoms with Gasteiger partial charge in [0.25, 0.3) is 5.91 Å². The highest BCUT2D eigenvalue weighted by atomic mass is 32.1. The van der Waals surface area contributed by atoms with Crippen LogP contribution in [-0.4, -0.2) is 55.2 Å². The lowest BCUT2D eigenvalue weighted by atomic mass is 10.0. The number of thiazole rings is 1. The first-order valence-electron chi connectivity index (χ1n) is 7.39. The van der Waals surface area contributed by atoms with E-state index in [0.717, 1.165) is 50.5 Å². The Bertz CT molecular complexity index is 444. The fourth-order valence-electron chi connectivity index (χ4n) is 2.50. The molecule has 0 unspecified atom stereocenters. The van der Waals surface area contributed by atoms with E-state index in [2.05, 4.69) is 15.2 Å². The number of nitrogens with one attached hydrogen (secondary N) is 1. The third-order valence-corrected chi connectivity index (χ3v) is 4.58. The van der Waals surface area contributed by atoms with Crippen molar-refractivity contribution >= 4 is 17.2 Å². The SMILES string of the molecule is COCCCN1CCC(NC(=O)c2csc(CN)n2)CC1. The summed E-state index contributed by atoms with van der Waals surface area (Å²) >= 11 is 1.43. The summed E-state index contributed by atoms with van der Waals surface area (Å²) in [6, 6.07) is 0.249. The highest BCUT2D eigenvalue weighted by Crippen LogP contribution is 2.13. The molecule has 1 aromatic rings. The number of piperidine rings is 1. The van der Waals surface area contributed by atoms with Crippen LogP contribution in [0.5, 0.6) is 0 Å². The molecule has 0 aliphatic carbocycles. The second kappa shape index (κ2) is 8.43. The van der Waals surface area contributed by atoms with Crippen molar-refractivity contribution < 1.29 is 9.53 Å². The minimum absolute atomic E-state index is 0.0798. The Balaban J connectivity index is 1.71. The molecule has 1 aliphatic heterocycles. The topological polar surface area (TPSA) is 80.5 Å². The minimum atomic E-state index is -0.0798. The summed E-state index contributed by atoms with van der Waals surface area (Å²) in [5.41, 5.74) is 6.00. The maximum absolute atomic E-state index is 12.1. The summed E-state index contributed by atoms with van der Waals surface area (Å²) in [7, 11) is 1.73. The Morgan fingerprint density at radius 3 is 2.95 bits per heavy atom. The van der Waals surface area contributed by atoms with Crippen LogP contribution >= 0.6 is 11.3 Å². The summed E-state index contributed by atoms with van der Waals surface area (Å²) in [4.78, 5) is 18.7. The predicted octanol–water partition coefficient (Wildman–Crippen LogP) is 0.833. The van der Waals surface area contributed by atoms with Gasteiger partial charge < -0.3 is 20.7 Å². The number of carbonyl (C=O) groups is 1. The van der Waals surface area contributed by atoms with Gasteiger partial charge in [-0.3, -0.25) is 4.79 Å². The van der Waals surface area contributed by atoms with E-state index in [9.17, 15) is 4.79 Å². The first-order chi connectivity index (χ1) is 10.2. The molecule has 0 aromatic carbocycles. The third kappa shape index (κ3) is 5.03. The molecular weight excluding hydrogens is 288 g/mol. The second-order valence-electron chi connectivity index (χ2n) is 5.27. The highest BCUT2D eigenvalue weighted by Gasteiger charge is 2.21. The van der Waals surface area contributed by atoms with E-state index in [1.54, 1.807) is 12.5 Å². The largest absolute Gasteiger partial charge is 0.385 e. The maximum atomic E-state index is 12.1. The van der Waals surface area contributed by atoms with E-state index in [0.29, 0.717) is 12.2 Å². The van der Waals surface area contributed by atoms with Gasteiger partial charge in [0.1, 0.15) is 10.7 Å². The number of hydrogen-bond acceptors (Lipinski definition) is 6. The Hall–Kier alpha value is -1.02. The smallest absolute Gasteiger partial charge is 0.270 e. The molecule has 6 nitrogen and oxygen atoms in total. The van der Waals surface area contributed by atoms with Gasteiger partial charge in [0, 0.05) is 51.3 Å². The number of methoxy groups -OCH3 is 1. The first-order valence-corrected chi connectivity index (χ1v) is 8.27. The lowest BCUT2D eigenvalue weighted by Crippen LogP contribution is -2.45. The summed E-state index contributed by atoms with van der Waals surface area (Å²) < 4.78 is 5.07. The standard InChI is InChI=1S/C14H24N4O2S/c1-20-8-2-5-18-6-3-11(4-7-18)16-14(19)12-10-21-13(9-15)17-12/h10-11H,2-9,15H2,1H3,(H,16,19). The van der Waals surface area contributed by atoms with Crippen LogP contribution in [0.4, 0.5) is 0 Å². The predicted molar refractivity (Wildman–Crippen MR) is 83.4 cm³/mol. The maximum Gasteiger partial charge on any atom is 0.270 e. The van der Waals surface area contributed by atoms with Gasteiger partial charge in [-0.1, -0.05) is 0 Å². The molecule has 0 atom stereocenters. The Morgan fingerprint density at radius 1 is 1.57 bits per heavy atom. The normalized spacial score (nSPS) is 17.0. The molecule has 21 heavy (non-hydrogen) atoms. The number of amides is 1. The number of rotatable bonds is 7. The number of hydrogen-bond donors (Lipinski definition) is 2. The third-order valence-electron chi connectivity index (χ3n) is 3.70. The van der Waals surface area contributed by atoms with E-state index in [1.807, 2.05) is 0 Å². The van der Waals surface area contributed by atoms with Crippen molar-refractivity contribution in [2.24, 2.45) is 5.73 Å². The van der Waals surface area contributed by atoms with E-state index in [-0.39, 0.29) is 11.9 Å². The molecule has 1 amide bonds. The number of carbonyl (C=O) groups excluding carboxylic acids is 1. The average Bonchev–Trinajstić information content (AvgIpc) is 2.98. The molecule has 118 valence electrons. The van der Waals surface area contributed by atoms with E-state index in [1.165, 1.54) is 11.3 Å². The summed E-state index contributed by atoms with van der Waals surface area (Å²) in [5, 5.41) is 5.65. The Kier molecular flexibility index (Phi) is 6.56. The van der Waals surface area contributed by atoms with Crippen LogP contribution in [0.2, 0.25) is 0 Å². The molecular formula is C14H24N4O2S. The Morgan fingerprint density at radius 2 is 2.33 bits per heavy atom. The Labute approximate surface area is 129 Å². The monoisotopic (exact) mass is 312 g/mol. The highest BCUT2D eigenvalue weighted by molar-refractivity contribution is 7.09. The van der Waals surface area contributed by atoms with Crippen LogP contribution < -0.4 is 11.1 Å². The molecule has 1 aromatic heterocycles. The molecule has 0 radical (unpaired) electrons. The molecule has 0 bridgehead atoms. The average molecular weight is 312 g/mol. The van der Waals surface area contributed by atoms with Crippen LogP contribution in [-0.2, 0) is 11.3 Å². The number of nitrogens with zero attached hydrogens (tertiary/aromatic N) is 2. The van der Waals surface area contributed by atoms with Crippen LogP contribution in [0, 0.1) is 0 Å². The molecule has 3 N–H and O–H groups in total. The molecule has 0 spiro atoms.